The Morgan fingerprint density at radius 3 is 2.71 bits per heavy atom. The molecule has 0 radical (unpaired) electrons. The second-order valence-electron chi connectivity index (χ2n) is 5.94. The monoisotopic (exact) mass is 418 g/mol. The predicted octanol–water partition coefficient (Wildman–Crippen LogP) is 4.37. The van der Waals surface area contributed by atoms with Gasteiger partial charge in [-0.15, -0.1) is 3.33 Å². The molecule has 1 aliphatic heterocycles. The van der Waals surface area contributed by atoms with Crippen LogP contribution in [0.4, 0.5) is 13.6 Å². The first-order valence-electron chi connectivity index (χ1n) is 6.68. The zero-order chi connectivity index (χ0) is 16.1. The number of ether oxygens (including phenoxy) is 1. The van der Waals surface area contributed by atoms with Crippen molar-refractivity contribution in [3.8, 4) is 0 Å². The second kappa shape index (κ2) is 7.50. The molecule has 1 atom stereocenters. The molecule has 0 saturated carbocycles. The van der Waals surface area contributed by atoms with Gasteiger partial charge in [-0.05, 0) is 33.6 Å². The summed E-state index contributed by atoms with van der Waals surface area (Å²) in [5, 5.41) is 0. The fourth-order valence-electron chi connectivity index (χ4n) is 2.09. The third-order valence-corrected chi connectivity index (χ3v) is 4.05. The molecular formula is C12H21F2IN4O2. The molecule has 0 aromatic carbocycles. The molecule has 0 bridgehead atoms. The van der Waals surface area contributed by atoms with E-state index in [1.54, 1.807) is 20.8 Å². The van der Waals surface area contributed by atoms with E-state index in [2.05, 4.69) is 6.47 Å². The summed E-state index contributed by atoms with van der Waals surface area (Å²) in [5.41, 5.74) is 5.93. The Hall–Kier alpha value is -0.740. The number of nitrogens with one attached hydrogen (secondary N) is 1. The van der Waals surface area contributed by atoms with E-state index in [0.29, 0.717) is 6.54 Å². The molecule has 1 unspecified atom stereocenters. The number of carbonyl (C=O) groups is 1. The minimum absolute atomic E-state index is 0.234. The summed E-state index contributed by atoms with van der Waals surface area (Å²) < 4.78 is 40.4. The molecule has 1 amide bonds. The SMILES string of the molecule is CC(C)(C)OC(=O)N1CCC(CCN=IN=N)C(F)(F)C1. The molecule has 1 saturated heterocycles. The zero-order valence-electron chi connectivity index (χ0n) is 12.4. The molecule has 1 rings (SSSR count). The van der Waals surface area contributed by atoms with Gasteiger partial charge in [0.25, 0.3) is 5.92 Å². The average Bonchev–Trinajstić information content (AvgIpc) is 2.33. The van der Waals surface area contributed by atoms with Crippen LogP contribution in [0.2, 0.25) is 0 Å². The van der Waals surface area contributed by atoms with E-state index in [-0.39, 0.29) is 19.4 Å². The van der Waals surface area contributed by atoms with Crippen LogP contribution in [-0.2, 0) is 4.74 Å². The number of alkyl halides is 2. The van der Waals surface area contributed by atoms with Crippen molar-refractivity contribution in [2.75, 3.05) is 19.6 Å². The minimum Gasteiger partial charge on any atom is -0.444 e. The third kappa shape index (κ3) is 6.27. The highest BCUT2D eigenvalue weighted by atomic mass is 127. The molecule has 122 valence electrons. The third-order valence-electron chi connectivity index (χ3n) is 3.05. The summed E-state index contributed by atoms with van der Waals surface area (Å²) in [4.78, 5) is 12.9. The normalized spacial score (nSPS) is 22.7. The van der Waals surface area contributed by atoms with Gasteiger partial charge < -0.3 is 9.64 Å². The Balaban J connectivity index is 2.55. The second-order valence-corrected chi connectivity index (χ2v) is 7.54. The van der Waals surface area contributed by atoms with Gasteiger partial charge in [-0.1, -0.05) is 0 Å². The van der Waals surface area contributed by atoms with Crippen molar-refractivity contribution in [2.24, 2.45) is 12.4 Å². The molecule has 0 aromatic heterocycles. The van der Waals surface area contributed by atoms with Crippen molar-refractivity contribution in [3.05, 3.63) is 0 Å². The largest absolute Gasteiger partial charge is 0.444 e. The van der Waals surface area contributed by atoms with E-state index in [1.165, 1.54) is 0 Å². The molecular weight excluding hydrogens is 397 g/mol. The first kappa shape index (κ1) is 18.3. The molecule has 1 N–H and O–H groups in total. The van der Waals surface area contributed by atoms with Crippen molar-refractivity contribution < 1.29 is 18.3 Å². The first-order valence-corrected chi connectivity index (χ1v) is 8.61. The van der Waals surface area contributed by atoms with Crippen LogP contribution in [0.5, 0.6) is 0 Å². The Kier molecular flexibility index (Phi) is 6.54. The lowest BCUT2D eigenvalue weighted by Crippen LogP contribution is -2.52. The minimum atomic E-state index is -2.93. The molecule has 0 aromatic rings. The number of rotatable bonds is 4. The van der Waals surface area contributed by atoms with Gasteiger partial charge in [-0.3, -0.25) is 0 Å². The highest BCUT2D eigenvalue weighted by molar-refractivity contribution is 14.1. The maximum atomic E-state index is 14.1. The fraction of sp³-hybridized carbons (Fsp3) is 0.917. The van der Waals surface area contributed by atoms with Gasteiger partial charge in [0.05, 0.1) is 6.54 Å². The summed E-state index contributed by atoms with van der Waals surface area (Å²) in [5.74, 6) is -3.71. The van der Waals surface area contributed by atoms with E-state index in [9.17, 15) is 13.6 Å². The van der Waals surface area contributed by atoms with Crippen LogP contribution in [-0.4, -0.2) is 42.2 Å². The molecule has 0 aliphatic carbocycles. The van der Waals surface area contributed by atoms with Crippen molar-refractivity contribution in [2.45, 2.75) is 45.1 Å². The van der Waals surface area contributed by atoms with Gasteiger partial charge >= 0.3 is 6.09 Å². The number of hydrogen-bond donors (Lipinski definition) is 1. The van der Waals surface area contributed by atoms with Gasteiger partial charge in [-0.25, -0.2) is 16.7 Å². The lowest BCUT2D eigenvalue weighted by atomic mass is 9.90. The summed E-state index contributed by atoms with van der Waals surface area (Å²) in [6.45, 7) is 5.09. The summed E-state index contributed by atoms with van der Waals surface area (Å²) >= 11 is -0.881. The van der Waals surface area contributed by atoms with E-state index in [0.717, 1.165) is 4.90 Å². The van der Waals surface area contributed by atoms with E-state index < -0.39 is 51.4 Å². The highest BCUT2D eigenvalue weighted by Crippen LogP contribution is 2.35. The predicted molar refractivity (Wildman–Crippen MR) is 81.9 cm³/mol. The molecule has 6 nitrogen and oxygen atoms in total. The van der Waals surface area contributed by atoms with Gasteiger partial charge in [-0.2, -0.15) is 5.53 Å². The summed E-state index contributed by atoms with van der Waals surface area (Å²) in [6, 6.07) is 0. The fourth-order valence-corrected chi connectivity index (χ4v) is 2.74. The Bertz CT molecular complexity index is 413. The van der Waals surface area contributed by atoms with Crippen LogP contribution in [0.25, 0.3) is 0 Å². The van der Waals surface area contributed by atoms with Crippen molar-refractivity contribution >= 4 is 27.4 Å². The zero-order valence-corrected chi connectivity index (χ0v) is 14.6. The lowest BCUT2D eigenvalue weighted by molar-refractivity contribution is -0.111. The van der Waals surface area contributed by atoms with Gasteiger partial charge in [0.1, 0.15) is 5.60 Å². The number of nitrogens with zero attached hydrogens (tertiary/aromatic N) is 3. The van der Waals surface area contributed by atoms with E-state index in [4.69, 9.17) is 10.3 Å². The number of amides is 1. The quantitative estimate of drug-likeness (QED) is 0.544. The number of carbonyl (C=O) groups excluding carboxylic acids is 1. The molecule has 0 spiro atoms. The first-order chi connectivity index (χ1) is 9.65. The van der Waals surface area contributed by atoms with Crippen LogP contribution in [0.3, 0.4) is 0 Å². The molecule has 1 aliphatic rings. The maximum absolute atomic E-state index is 14.1. The lowest BCUT2D eigenvalue weighted by Gasteiger charge is -2.38. The standard InChI is InChI=1S/C12H21F2IN4O2/c1-11(2,3)21-10(20)19-7-5-9(12(13,14)8-19)4-6-17-15-18-16/h9,16H,4-8H2,1-3H3. The van der Waals surface area contributed by atoms with Crippen molar-refractivity contribution in [1.29, 1.82) is 5.53 Å². The summed E-state index contributed by atoms with van der Waals surface area (Å²) in [6.07, 6.45) is -0.188. The number of likely N-dealkylation sites (tertiary alicyclic amines) is 1. The molecule has 21 heavy (non-hydrogen) atoms. The molecule has 9 heteroatoms. The van der Waals surface area contributed by atoms with Gasteiger partial charge in [0.15, 0.2) is 21.3 Å². The van der Waals surface area contributed by atoms with Crippen LogP contribution in [0.1, 0.15) is 33.6 Å². The smallest absolute Gasteiger partial charge is 0.410 e. The van der Waals surface area contributed by atoms with Gasteiger partial charge in [0.2, 0.25) is 0 Å². The Labute approximate surface area is 133 Å². The molecule has 1 heterocycles. The van der Waals surface area contributed by atoms with Crippen LogP contribution >= 0.6 is 21.3 Å². The number of piperidine rings is 1. The van der Waals surface area contributed by atoms with Crippen LogP contribution < -0.4 is 0 Å². The topological polar surface area (TPSA) is 78.1 Å². The van der Waals surface area contributed by atoms with Gasteiger partial charge in [0, 0.05) is 19.0 Å². The molecule has 1 fully saturated rings. The Morgan fingerprint density at radius 2 is 2.19 bits per heavy atom. The Morgan fingerprint density at radius 1 is 1.52 bits per heavy atom. The maximum Gasteiger partial charge on any atom is 0.410 e. The van der Waals surface area contributed by atoms with E-state index in [1.807, 2.05) is 0 Å². The average molecular weight is 418 g/mol. The van der Waals surface area contributed by atoms with Crippen molar-refractivity contribution in [3.63, 3.8) is 0 Å². The van der Waals surface area contributed by atoms with E-state index >= 15 is 0 Å². The number of halogens is 3. The highest BCUT2D eigenvalue weighted by Gasteiger charge is 2.46. The summed E-state index contributed by atoms with van der Waals surface area (Å²) in [7, 11) is 0. The number of hydrogen-bond acceptors (Lipinski definition) is 4. The van der Waals surface area contributed by atoms with Crippen LogP contribution in [0, 0.1) is 11.4 Å². The van der Waals surface area contributed by atoms with Crippen LogP contribution in [0.15, 0.2) is 6.47 Å². The van der Waals surface area contributed by atoms with Crippen molar-refractivity contribution in [1.82, 2.24) is 4.90 Å².